The van der Waals surface area contributed by atoms with Gasteiger partial charge in [-0.05, 0) is 26.0 Å². The van der Waals surface area contributed by atoms with Gasteiger partial charge in [0.1, 0.15) is 17.2 Å². The van der Waals surface area contributed by atoms with Crippen LogP contribution in [0.3, 0.4) is 0 Å². The molecule has 2 N–H and O–H groups in total. The zero-order chi connectivity index (χ0) is 9.42. The summed E-state index contributed by atoms with van der Waals surface area (Å²) in [6.07, 6.45) is 0. The molecule has 2 heterocycles. The number of anilines is 1. The molecule has 0 saturated carbocycles. The summed E-state index contributed by atoms with van der Waals surface area (Å²) in [6.45, 7) is 3.68. The molecule has 0 aromatic carbocycles. The van der Waals surface area contributed by atoms with Crippen molar-refractivity contribution in [2.75, 3.05) is 5.73 Å². The Labute approximate surface area is 75.4 Å². The number of rotatable bonds is 1. The minimum absolute atomic E-state index is 0.168. The van der Waals surface area contributed by atoms with Crippen LogP contribution in [0, 0.1) is 13.8 Å². The van der Waals surface area contributed by atoms with Gasteiger partial charge in [-0.3, -0.25) is 0 Å². The first kappa shape index (κ1) is 7.91. The first-order valence-corrected chi connectivity index (χ1v) is 3.96. The van der Waals surface area contributed by atoms with Crippen molar-refractivity contribution in [3.8, 4) is 11.5 Å². The molecule has 13 heavy (non-hydrogen) atoms. The number of hydrogen-bond donors (Lipinski definition) is 1. The lowest BCUT2D eigenvalue weighted by atomic mass is 10.3. The predicted molar refractivity (Wildman–Crippen MR) is 48.1 cm³/mol. The van der Waals surface area contributed by atoms with Gasteiger partial charge in [-0.1, -0.05) is 0 Å². The van der Waals surface area contributed by atoms with Crippen LogP contribution < -0.4 is 5.73 Å². The lowest BCUT2D eigenvalue weighted by Gasteiger charge is -1.89. The second kappa shape index (κ2) is 2.65. The van der Waals surface area contributed by atoms with E-state index < -0.39 is 0 Å². The summed E-state index contributed by atoms with van der Waals surface area (Å²) in [7, 11) is 0. The maximum absolute atomic E-state index is 5.40. The molecule has 0 aliphatic carbocycles. The Morgan fingerprint density at radius 3 is 2.46 bits per heavy atom. The number of aromatic nitrogens is 1. The SMILES string of the molecule is Cc1ccc(-c2nc(N)oc2C)o1. The molecule has 2 aromatic heterocycles. The summed E-state index contributed by atoms with van der Waals surface area (Å²) < 4.78 is 10.5. The number of nitrogen functional groups attached to an aromatic ring is 1. The summed E-state index contributed by atoms with van der Waals surface area (Å²) in [4.78, 5) is 4.01. The highest BCUT2D eigenvalue weighted by molar-refractivity contribution is 5.56. The van der Waals surface area contributed by atoms with Crippen LogP contribution in [0.1, 0.15) is 11.5 Å². The van der Waals surface area contributed by atoms with Crippen LogP contribution in [0.25, 0.3) is 11.5 Å². The highest BCUT2D eigenvalue weighted by Crippen LogP contribution is 2.25. The van der Waals surface area contributed by atoms with E-state index >= 15 is 0 Å². The maximum Gasteiger partial charge on any atom is 0.292 e. The quantitative estimate of drug-likeness (QED) is 0.726. The van der Waals surface area contributed by atoms with Gasteiger partial charge in [0.15, 0.2) is 5.76 Å². The fourth-order valence-electron chi connectivity index (χ4n) is 1.21. The van der Waals surface area contributed by atoms with E-state index in [9.17, 15) is 0 Å². The minimum atomic E-state index is 0.168. The average Bonchev–Trinajstić information content (AvgIpc) is 2.58. The van der Waals surface area contributed by atoms with E-state index in [0.717, 1.165) is 5.76 Å². The molecule has 0 spiro atoms. The highest BCUT2D eigenvalue weighted by Gasteiger charge is 2.12. The van der Waals surface area contributed by atoms with Gasteiger partial charge >= 0.3 is 0 Å². The summed E-state index contributed by atoms with van der Waals surface area (Å²) in [6, 6.07) is 3.89. The molecule has 0 atom stereocenters. The zero-order valence-electron chi connectivity index (χ0n) is 7.50. The second-order valence-electron chi connectivity index (χ2n) is 2.87. The lowest BCUT2D eigenvalue weighted by molar-refractivity contribution is 0.535. The van der Waals surface area contributed by atoms with E-state index in [1.165, 1.54) is 0 Å². The van der Waals surface area contributed by atoms with Crippen molar-refractivity contribution in [1.82, 2.24) is 4.98 Å². The average molecular weight is 178 g/mol. The first-order valence-electron chi connectivity index (χ1n) is 3.96. The molecule has 0 radical (unpaired) electrons. The summed E-state index contributed by atoms with van der Waals surface area (Å²) in [5.41, 5.74) is 6.08. The second-order valence-corrected chi connectivity index (χ2v) is 2.87. The van der Waals surface area contributed by atoms with Crippen LogP contribution in [0.15, 0.2) is 21.0 Å². The number of furan rings is 1. The fraction of sp³-hybridized carbons (Fsp3) is 0.222. The van der Waals surface area contributed by atoms with Crippen LogP contribution in [0.2, 0.25) is 0 Å². The summed E-state index contributed by atoms with van der Waals surface area (Å²) in [5, 5.41) is 0. The van der Waals surface area contributed by atoms with E-state index in [4.69, 9.17) is 14.6 Å². The van der Waals surface area contributed by atoms with Crippen molar-refractivity contribution in [3.63, 3.8) is 0 Å². The number of nitrogens with two attached hydrogens (primary N) is 1. The number of aryl methyl sites for hydroxylation is 2. The van der Waals surface area contributed by atoms with E-state index in [1.807, 2.05) is 19.1 Å². The Hall–Kier alpha value is -1.71. The van der Waals surface area contributed by atoms with Crippen molar-refractivity contribution >= 4 is 6.01 Å². The smallest absolute Gasteiger partial charge is 0.292 e. The van der Waals surface area contributed by atoms with E-state index in [1.54, 1.807) is 6.92 Å². The van der Waals surface area contributed by atoms with Gasteiger partial charge in [0.2, 0.25) is 0 Å². The summed E-state index contributed by atoms with van der Waals surface area (Å²) in [5.74, 6) is 2.21. The molecule has 0 aliphatic rings. The van der Waals surface area contributed by atoms with E-state index in [0.29, 0.717) is 17.2 Å². The molecule has 0 unspecified atom stereocenters. The van der Waals surface area contributed by atoms with Gasteiger partial charge in [-0.25, -0.2) is 0 Å². The molecule has 0 amide bonds. The largest absolute Gasteiger partial charge is 0.460 e. The number of nitrogens with zero attached hydrogens (tertiary/aromatic N) is 1. The third-order valence-electron chi connectivity index (χ3n) is 1.79. The zero-order valence-corrected chi connectivity index (χ0v) is 7.50. The third-order valence-corrected chi connectivity index (χ3v) is 1.79. The van der Waals surface area contributed by atoms with Crippen LogP contribution in [-0.4, -0.2) is 4.98 Å². The van der Waals surface area contributed by atoms with E-state index in [2.05, 4.69) is 4.98 Å². The highest BCUT2D eigenvalue weighted by atomic mass is 16.4. The molecule has 0 saturated heterocycles. The topological polar surface area (TPSA) is 65.2 Å². The fourth-order valence-corrected chi connectivity index (χ4v) is 1.21. The summed E-state index contributed by atoms with van der Waals surface area (Å²) >= 11 is 0. The predicted octanol–water partition coefficient (Wildman–Crippen LogP) is 2.13. The Balaban J connectivity index is 2.51. The maximum atomic E-state index is 5.40. The molecule has 2 rings (SSSR count). The Morgan fingerprint density at radius 1 is 1.23 bits per heavy atom. The van der Waals surface area contributed by atoms with Crippen LogP contribution >= 0.6 is 0 Å². The Kier molecular flexibility index (Phi) is 1.62. The molecule has 2 aromatic rings. The van der Waals surface area contributed by atoms with Gasteiger partial charge in [-0.15, -0.1) is 0 Å². The Bertz CT molecular complexity index is 429. The van der Waals surface area contributed by atoms with Gasteiger partial charge in [0, 0.05) is 0 Å². The van der Waals surface area contributed by atoms with Crippen LogP contribution in [0.5, 0.6) is 0 Å². The van der Waals surface area contributed by atoms with Gasteiger partial charge in [0.05, 0.1) is 0 Å². The van der Waals surface area contributed by atoms with Crippen molar-refractivity contribution < 1.29 is 8.83 Å². The van der Waals surface area contributed by atoms with Crippen LogP contribution in [0.4, 0.5) is 6.01 Å². The molecule has 4 heteroatoms. The molecular formula is C9H10N2O2. The standard InChI is InChI=1S/C9H10N2O2/c1-5-3-4-7(12-5)8-6(2)13-9(10)11-8/h3-4H,1-2H3,(H2,10,11). The Morgan fingerprint density at radius 2 is 2.00 bits per heavy atom. The van der Waals surface area contributed by atoms with Gasteiger partial charge < -0.3 is 14.6 Å². The molecule has 68 valence electrons. The molecule has 0 bridgehead atoms. The number of hydrogen-bond acceptors (Lipinski definition) is 4. The first-order chi connectivity index (χ1) is 6.16. The molecule has 4 nitrogen and oxygen atoms in total. The monoisotopic (exact) mass is 178 g/mol. The molecule has 0 fully saturated rings. The van der Waals surface area contributed by atoms with Crippen molar-refractivity contribution in [2.45, 2.75) is 13.8 Å². The number of oxazole rings is 1. The van der Waals surface area contributed by atoms with E-state index in [-0.39, 0.29) is 6.01 Å². The van der Waals surface area contributed by atoms with Crippen molar-refractivity contribution in [3.05, 3.63) is 23.7 Å². The van der Waals surface area contributed by atoms with Crippen LogP contribution in [-0.2, 0) is 0 Å². The van der Waals surface area contributed by atoms with Crippen molar-refractivity contribution in [1.29, 1.82) is 0 Å². The minimum Gasteiger partial charge on any atom is -0.460 e. The third kappa shape index (κ3) is 1.30. The van der Waals surface area contributed by atoms with Crippen molar-refractivity contribution in [2.24, 2.45) is 0 Å². The molecule has 0 aliphatic heterocycles. The molecular weight excluding hydrogens is 168 g/mol. The van der Waals surface area contributed by atoms with Gasteiger partial charge in [-0.2, -0.15) is 4.98 Å². The van der Waals surface area contributed by atoms with Gasteiger partial charge in [0.25, 0.3) is 6.01 Å². The lowest BCUT2D eigenvalue weighted by Crippen LogP contribution is -1.82. The normalized spacial score (nSPS) is 10.6.